The largest absolute Gasteiger partial charge is 0.494 e. The summed E-state index contributed by atoms with van der Waals surface area (Å²) in [4.78, 5) is 28.1. The number of carbonyl (C=O) groups excluding carboxylic acids is 1. The number of nitrogens with one attached hydrogen (secondary N) is 1. The summed E-state index contributed by atoms with van der Waals surface area (Å²) in [7, 11) is -3.12. The third-order valence-corrected chi connectivity index (χ3v) is 8.11. The molecule has 1 aliphatic heterocycles. The lowest BCUT2D eigenvalue weighted by molar-refractivity contribution is 0.0596. The fourth-order valence-corrected chi connectivity index (χ4v) is 5.96. The minimum Gasteiger partial charge on any atom is -0.494 e. The van der Waals surface area contributed by atoms with Gasteiger partial charge in [-0.3, -0.25) is 4.79 Å². The van der Waals surface area contributed by atoms with E-state index in [0.717, 1.165) is 4.31 Å². The molecule has 0 atom stereocenters. The normalized spacial score (nSPS) is 12.6. The Balaban J connectivity index is 1.59. The van der Waals surface area contributed by atoms with Crippen LogP contribution in [0.4, 0.5) is 0 Å². The molecule has 0 amide bonds. The number of nitrogens with zero attached hydrogens (tertiary/aromatic N) is 1. The van der Waals surface area contributed by atoms with Gasteiger partial charge in [0.15, 0.2) is 11.5 Å². The van der Waals surface area contributed by atoms with Crippen molar-refractivity contribution in [2.24, 2.45) is 0 Å². The van der Waals surface area contributed by atoms with Gasteiger partial charge < -0.3 is 23.9 Å². The fourth-order valence-electron chi connectivity index (χ4n) is 4.37. The van der Waals surface area contributed by atoms with E-state index in [2.05, 4.69) is 4.98 Å². The van der Waals surface area contributed by atoms with Crippen LogP contribution in [0.1, 0.15) is 28.4 Å². The number of hydrogen-bond donors (Lipinski definition) is 1. The van der Waals surface area contributed by atoms with Gasteiger partial charge in [-0.25, -0.2) is 13.2 Å². The number of sulfonamides is 1. The van der Waals surface area contributed by atoms with Gasteiger partial charge in [0.2, 0.25) is 16.8 Å². The van der Waals surface area contributed by atoms with Gasteiger partial charge in [-0.05, 0) is 61.0 Å². The molecule has 202 valence electrons. The molecule has 0 fully saturated rings. The fraction of sp³-hybridized carbons (Fsp3) is 0.214. The summed E-state index contributed by atoms with van der Waals surface area (Å²) < 4.78 is 50.5. The Morgan fingerprint density at radius 3 is 2.59 bits per heavy atom. The van der Waals surface area contributed by atoms with Gasteiger partial charge in [-0.15, -0.1) is 0 Å². The summed E-state index contributed by atoms with van der Waals surface area (Å²) in [6.45, 7) is 2.04. The van der Waals surface area contributed by atoms with Crippen LogP contribution in [0.3, 0.4) is 0 Å². The number of H-pyrrole nitrogens is 1. The highest BCUT2D eigenvalue weighted by Crippen LogP contribution is 2.34. The maximum absolute atomic E-state index is 14.1. The van der Waals surface area contributed by atoms with Crippen LogP contribution >= 0.6 is 0 Å². The zero-order valence-corrected chi connectivity index (χ0v) is 22.1. The van der Waals surface area contributed by atoms with Crippen molar-refractivity contribution in [1.29, 1.82) is 0 Å². The molecule has 0 aliphatic carbocycles. The van der Waals surface area contributed by atoms with Gasteiger partial charge in [0.1, 0.15) is 5.75 Å². The lowest BCUT2D eigenvalue weighted by atomic mass is 10.1. The smallest absolute Gasteiger partial charge is 0.339 e. The first kappa shape index (κ1) is 26.3. The van der Waals surface area contributed by atoms with E-state index in [0.29, 0.717) is 40.3 Å². The summed E-state index contributed by atoms with van der Waals surface area (Å²) in [6.07, 6.45) is 0. The van der Waals surface area contributed by atoms with Crippen molar-refractivity contribution < 1.29 is 32.2 Å². The van der Waals surface area contributed by atoms with Crippen molar-refractivity contribution in [1.82, 2.24) is 9.29 Å². The maximum Gasteiger partial charge on any atom is 0.339 e. The average molecular weight is 551 g/mol. The molecule has 5 rings (SSSR count). The molecule has 0 saturated heterocycles. The topological polar surface area (TPSA) is 124 Å². The number of methoxy groups -OCH3 is 1. The monoisotopic (exact) mass is 550 g/mol. The maximum atomic E-state index is 14.1. The summed E-state index contributed by atoms with van der Waals surface area (Å²) >= 11 is 0. The van der Waals surface area contributed by atoms with Crippen molar-refractivity contribution in [3.05, 3.63) is 93.8 Å². The molecule has 0 bridgehead atoms. The average Bonchev–Trinajstić information content (AvgIpc) is 3.41. The summed E-state index contributed by atoms with van der Waals surface area (Å²) in [5, 5.41) is 0.686. The molecule has 0 spiro atoms. The Bertz CT molecular complexity index is 1710. The predicted octanol–water partition coefficient (Wildman–Crippen LogP) is 3.83. The molecule has 0 saturated carbocycles. The van der Waals surface area contributed by atoms with Crippen LogP contribution in [0.25, 0.3) is 10.9 Å². The number of ether oxygens (including phenoxy) is 4. The van der Waals surface area contributed by atoms with Crippen LogP contribution in [-0.4, -0.2) is 44.2 Å². The number of fused-ring (bicyclic) bond motifs is 2. The van der Waals surface area contributed by atoms with Gasteiger partial charge in [0, 0.05) is 29.6 Å². The highest BCUT2D eigenvalue weighted by atomic mass is 32.2. The van der Waals surface area contributed by atoms with Crippen LogP contribution in [0.2, 0.25) is 0 Å². The third kappa shape index (κ3) is 5.31. The summed E-state index contributed by atoms with van der Waals surface area (Å²) in [5.74, 6) is 0.885. The van der Waals surface area contributed by atoms with Crippen molar-refractivity contribution >= 4 is 26.9 Å². The molecule has 0 unspecified atom stereocenters. The minimum absolute atomic E-state index is 0.0729. The van der Waals surface area contributed by atoms with Gasteiger partial charge in [-0.1, -0.05) is 18.2 Å². The number of esters is 1. The number of aromatic nitrogens is 1. The van der Waals surface area contributed by atoms with Crippen LogP contribution in [-0.2, 0) is 27.8 Å². The van der Waals surface area contributed by atoms with Gasteiger partial charge >= 0.3 is 5.97 Å². The first-order chi connectivity index (χ1) is 18.8. The first-order valence-electron chi connectivity index (χ1n) is 12.1. The second-order valence-corrected chi connectivity index (χ2v) is 10.7. The lowest BCUT2D eigenvalue weighted by Gasteiger charge is -2.23. The number of pyridine rings is 1. The number of aromatic amines is 1. The lowest BCUT2D eigenvalue weighted by Crippen LogP contribution is -2.33. The highest BCUT2D eigenvalue weighted by Gasteiger charge is 2.31. The predicted molar refractivity (Wildman–Crippen MR) is 143 cm³/mol. The molecule has 4 aromatic rings. The Hall–Kier alpha value is -4.35. The molecule has 39 heavy (non-hydrogen) atoms. The van der Waals surface area contributed by atoms with Gasteiger partial charge in [-0.2, -0.15) is 4.31 Å². The standard InChI is InChI=1S/C28H26N2O8S/c1-3-36-21-9-10-23-19(14-21)13-20(27(31)29-23)16-30(15-18-8-11-24-25(12-18)38-17-37-24)39(33,34)26-7-5-4-6-22(26)28(32)35-2/h4-14H,3,15-17H2,1-2H3,(H,29,31). The van der Waals surface area contributed by atoms with E-state index in [-0.39, 0.29) is 35.9 Å². The second-order valence-electron chi connectivity index (χ2n) is 8.75. The van der Waals surface area contributed by atoms with E-state index >= 15 is 0 Å². The van der Waals surface area contributed by atoms with E-state index in [1.54, 1.807) is 48.5 Å². The van der Waals surface area contributed by atoms with Crippen LogP contribution < -0.4 is 19.8 Å². The number of carbonyl (C=O) groups is 1. The number of hydrogen-bond acceptors (Lipinski definition) is 8. The molecule has 1 aliphatic rings. The van der Waals surface area contributed by atoms with E-state index in [9.17, 15) is 18.0 Å². The molecular formula is C28H26N2O8S. The number of benzene rings is 3. The molecule has 1 aromatic heterocycles. The van der Waals surface area contributed by atoms with Crippen LogP contribution in [0, 0.1) is 0 Å². The first-order valence-corrected chi connectivity index (χ1v) is 13.6. The zero-order valence-electron chi connectivity index (χ0n) is 21.3. The SMILES string of the molecule is CCOc1ccc2[nH]c(=O)c(CN(Cc3ccc4c(c3)OCO4)S(=O)(=O)c3ccccc3C(=O)OC)cc2c1. The molecule has 3 aromatic carbocycles. The molecule has 10 nitrogen and oxygen atoms in total. The molecule has 11 heteroatoms. The van der Waals surface area contributed by atoms with Crippen LogP contribution in [0.15, 0.2) is 76.4 Å². The summed E-state index contributed by atoms with van der Waals surface area (Å²) in [5.41, 5.74) is 0.877. The third-order valence-electron chi connectivity index (χ3n) is 6.26. The van der Waals surface area contributed by atoms with Gasteiger partial charge in [0.05, 0.1) is 24.2 Å². The molecule has 1 N–H and O–H groups in total. The zero-order chi connectivity index (χ0) is 27.6. The molecular weight excluding hydrogens is 524 g/mol. The highest BCUT2D eigenvalue weighted by molar-refractivity contribution is 7.89. The Kier molecular flexibility index (Phi) is 7.27. The number of rotatable bonds is 9. The van der Waals surface area contributed by atoms with Gasteiger partial charge in [0.25, 0.3) is 5.56 Å². The molecule has 0 radical (unpaired) electrons. The summed E-state index contributed by atoms with van der Waals surface area (Å²) in [6, 6.07) is 17.8. The van der Waals surface area contributed by atoms with Crippen molar-refractivity contribution in [2.45, 2.75) is 24.9 Å². The van der Waals surface area contributed by atoms with Crippen molar-refractivity contribution in [3.63, 3.8) is 0 Å². The quantitative estimate of drug-likeness (QED) is 0.312. The Labute approximate surface area is 224 Å². The van der Waals surface area contributed by atoms with Crippen molar-refractivity contribution in [3.8, 4) is 17.2 Å². The van der Waals surface area contributed by atoms with Crippen molar-refractivity contribution in [2.75, 3.05) is 20.5 Å². The molecule has 2 heterocycles. The van der Waals surface area contributed by atoms with Crippen LogP contribution in [0.5, 0.6) is 17.2 Å². The van der Waals surface area contributed by atoms with E-state index in [4.69, 9.17) is 18.9 Å². The van der Waals surface area contributed by atoms with E-state index in [1.807, 2.05) is 6.92 Å². The second kappa shape index (κ2) is 10.8. The Morgan fingerprint density at radius 2 is 1.79 bits per heavy atom. The van der Waals surface area contributed by atoms with E-state index in [1.165, 1.54) is 25.3 Å². The Morgan fingerprint density at radius 1 is 1.00 bits per heavy atom. The minimum atomic E-state index is -4.30. The van der Waals surface area contributed by atoms with E-state index < -0.39 is 21.6 Å².